The molecule has 4 heteroatoms. The molecule has 2 fully saturated rings. The third kappa shape index (κ3) is 2.02. The van der Waals surface area contributed by atoms with Crippen molar-refractivity contribution in [2.45, 2.75) is 44.8 Å². The summed E-state index contributed by atoms with van der Waals surface area (Å²) < 4.78 is 31.9. The average molecular weight is 267 g/mol. The van der Waals surface area contributed by atoms with Crippen LogP contribution in [0.2, 0.25) is 0 Å². The zero-order chi connectivity index (χ0) is 13.5. The van der Waals surface area contributed by atoms with Gasteiger partial charge in [-0.15, -0.1) is 0 Å². The first kappa shape index (κ1) is 12.9. The van der Waals surface area contributed by atoms with Crippen LogP contribution in [0.5, 0.6) is 0 Å². The van der Waals surface area contributed by atoms with Gasteiger partial charge in [-0.1, -0.05) is 6.42 Å². The van der Waals surface area contributed by atoms with Crippen molar-refractivity contribution in [2.24, 2.45) is 5.41 Å². The molecule has 3 rings (SSSR count). The lowest BCUT2D eigenvalue weighted by Crippen LogP contribution is -2.64. The summed E-state index contributed by atoms with van der Waals surface area (Å²) in [6.45, 7) is 2.76. The van der Waals surface area contributed by atoms with Gasteiger partial charge in [0.15, 0.2) is 11.6 Å². The standard InChI is InChI=1S/C15H19F2NO/c1-2-19-14-9-13(15(14)6-3-7-15)18-10-4-5-11(16)12(17)8-10/h4-5,8,13-14,18H,2-3,6-7,9H2,1H3. The highest BCUT2D eigenvalue weighted by Gasteiger charge is 2.58. The molecular weight excluding hydrogens is 248 g/mol. The minimum Gasteiger partial charge on any atom is -0.381 e. The minimum atomic E-state index is -0.801. The van der Waals surface area contributed by atoms with Gasteiger partial charge in [0, 0.05) is 29.8 Å². The molecule has 0 bridgehead atoms. The van der Waals surface area contributed by atoms with E-state index < -0.39 is 11.6 Å². The molecule has 0 heterocycles. The lowest BCUT2D eigenvalue weighted by molar-refractivity contribution is -0.157. The van der Waals surface area contributed by atoms with Crippen molar-refractivity contribution < 1.29 is 13.5 Å². The van der Waals surface area contributed by atoms with Crippen molar-refractivity contribution >= 4 is 5.69 Å². The Labute approximate surface area is 112 Å². The maximum Gasteiger partial charge on any atom is 0.160 e. The third-order valence-electron chi connectivity index (χ3n) is 4.70. The highest BCUT2D eigenvalue weighted by molar-refractivity contribution is 5.46. The second kappa shape index (κ2) is 4.75. The second-order valence-corrected chi connectivity index (χ2v) is 5.59. The summed E-state index contributed by atoms with van der Waals surface area (Å²) in [7, 11) is 0. The number of benzene rings is 1. The van der Waals surface area contributed by atoms with Crippen LogP contribution in [0.1, 0.15) is 32.6 Å². The molecule has 2 atom stereocenters. The van der Waals surface area contributed by atoms with E-state index in [2.05, 4.69) is 5.32 Å². The first-order valence-electron chi connectivity index (χ1n) is 6.99. The normalized spacial score (nSPS) is 27.7. The van der Waals surface area contributed by atoms with Crippen LogP contribution in [-0.2, 0) is 4.74 Å². The minimum absolute atomic E-state index is 0.223. The Bertz CT molecular complexity index is 473. The van der Waals surface area contributed by atoms with E-state index in [-0.39, 0.29) is 5.41 Å². The number of ether oxygens (including phenoxy) is 1. The van der Waals surface area contributed by atoms with E-state index in [1.54, 1.807) is 6.07 Å². The largest absolute Gasteiger partial charge is 0.381 e. The molecule has 1 aromatic carbocycles. The Morgan fingerprint density at radius 3 is 2.68 bits per heavy atom. The second-order valence-electron chi connectivity index (χ2n) is 5.59. The molecule has 0 aromatic heterocycles. The monoisotopic (exact) mass is 267 g/mol. The van der Waals surface area contributed by atoms with Crippen molar-refractivity contribution in [1.29, 1.82) is 0 Å². The summed E-state index contributed by atoms with van der Waals surface area (Å²) in [5, 5.41) is 3.34. The predicted molar refractivity (Wildman–Crippen MR) is 70.1 cm³/mol. The van der Waals surface area contributed by atoms with Gasteiger partial charge >= 0.3 is 0 Å². The third-order valence-corrected chi connectivity index (χ3v) is 4.70. The summed E-state index contributed by atoms with van der Waals surface area (Å²) in [5.74, 6) is -1.60. The zero-order valence-electron chi connectivity index (χ0n) is 11.1. The van der Waals surface area contributed by atoms with Crippen LogP contribution in [0.3, 0.4) is 0 Å². The van der Waals surface area contributed by atoms with Crippen molar-refractivity contribution in [3.8, 4) is 0 Å². The molecular formula is C15H19F2NO. The van der Waals surface area contributed by atoms with Crippen LogP contribution < -0.4 is 5.32 Å². The molecule has 1 aromatic rings. The van der Waals surface area contributed by atoms with E-state index in [1.807, 2.05) is 6.92 Å². The van der Waals surface area contributed by atoms with Crippen LogP contribution in [0.4, 0.5) is 14.5 Å². The van der Waals surface area contributed by atoms with Gasteiger partial charge in [-0.3, -0.25) is 0 Å². The molecule has 104 valence electrons. The topological polar surface area (TPSA) is 21.3 Å². The lowest BCUT2D eigenvalue weighted by atomic mass is 9.51. The van der Waals surface area contributed by atoms with Crippen LogP contribution in [0.15, 0.2) is 18.2 Å². The number of rotatable bonds is 4. The van der Waals surface area contributed by atoms with Crippen molar-refractivity contribution in [2.75, 3.05) is 11.9 Å². The van der Waals surface area contributed by atoms with E-state index in [0.29, 0.717) is 17.8 Å². The van der Waals surface area contributed by atoms with Gasteiger partial charge in [-0.25, -0.2) is 8.78 Å². The van der Waals surface area contributed by atoms with Crippen molar-refractivity contribution in [3.63, 3.8) is 0 Å². The van der Waals surface area contributed by atoms with Crippen LogP contribution in [0, 0.1) is 17.0 Å². The van der Waals surface area contributed by atoms with Gasteiger partial charge in [0.1, 0.15) is 0 Å². The van der Waals surface area contributed by atoms with Gasteiger partial charge in [0.05, 0.1) is 6.10 Å². The molecule has 2 unspecified atom stereocenters. The summed E-state index contributed by atoms with van der Waals surface area (Å²) in [5.41, 5.74) is 0.881. The van der Waals surface area contributed by atoms with Crippen LogP contribution in [-0.4, -0.2) is 18.8 Å². The Morgan fingerprint density at radius 2 is 2.11 bits per heavy atom. The van der Waals surface area contributed by atoms with E-state index in [1.165, 1.54) is 31.4 Å². The molecule has 0 aliphatic heterocycles. The smallest absolute Gasteiger partial charge is 0.160 e. The number of halogens is 2. The summed E-state index contributed by atoms with van der Waals surface area (Å²) in [6.07, 6.45) is 4.85. The van der Waals surface area contributed by atoms with Crippen molar-refractivity contribution in [1.82, 2.24) is 0 Å². The maximum absolute atomic E-state index is 13.2. The molecule has 2 nitrogen and oxygen atoms in total. The fourth-order valence-electron chi connectivity index (χ4n) is 3.43. The Hall–Kier alpha value is -1.16. The van der Waals surface area contributed by atoms with Gasteiger partial charge in [0.25, 0.3) is 0 Å². The van der Waals surface area contributed by atoms with E-state index in [4.69, 9.17) is 4.74 Å². The van der Waals surface area contributed by atoms with E-state index in [0.717, 1.165) is 13.0 Å². The molecule has 0 amide bonds. The fraction of sp³-hybridized carbons (Fsp3) is 0.600. The first-order valence-corrected chi connectivity index (χ1v) is 6.99. The Morgan fingerprint density at radius 1 is 1.32 bits per heavy atom. The van der Waals surface area contributed by atoms with Gasteiger partial charge < -0.3 is 10.1 Å². The first-order chi connectivity index (χ1) is 9.15. The number of hydrogen-bond donors (Lipinski definition) is 1. The number of hydrogen-bond acceptors (Lipinski definition) is 2. The molecule has 2 aliphatic carbocycles. The molecule has 1 N–H and O–H groups in total. The van der Waals surface area contributed by atoms with Crippen LogP contribution in [0.25, 0.3) is 0 Å². The molecule has 2 saturated carbocycles. The predicted octanol–water partition coefficient (Wildman–Crippen LogP) is 3.72. The number of anilines is 1. The van der Waals surface area contributed by atoms with Crippen LogP contribution >= 0.6 is 0 Å². The molecule has 2 aliphatic rings. The Kier molecular flexibility index (Phi) is 3.21. The van der Waals surface area contributed by atoms with Gasteiger partial charge in [-0.05, 0) is 38.3 Å². The van der Waals surface area contributed by atoms with Gasteiger partial charge in [-0.2, -0.15) is 0 Å². The van der Waals surface area contributed by atoms with Gasteiger partial charge in [0.2, 0.25) is 0 Å². The molecule has 0 saturated heterocycles. The van der Waals surface area contributed by atoms with E-state index >= 15 is 0 Å². The molecule has 0 radical (unpaired) electrons. The Balaban J connectivity index is 1.69. The number of nitrogens with one attached hydrogen (secondary N) is 1. The summed E-state index contributed by atoms with van der Waals surface area (Å²) in [4.78, 5) is 0. The highest BCUT2D eigenvalue weighted by atomic mass is 19.2. The lowest BCUT2D eigenvalue weighted by Gasteiger charge is -2.61. The quantitative estimate of drug-likeness (QED) is 0.897. The highest BCUT2D eigenvalue weighted by Crippen LogP contribution is 2.58. The zero-order valence-corrected chi connectivity index (χ0v) is 11.1. The van der Waals surface area contributed by atoms with E-state index in [9.17, 15) is 8.78 Å². The fourth-order valence-corrected chi connectivity index (χ4v) is 3.43. The van der Waals surface area contributed by atoms with Crippen molar-refractivity contribution in [3.05, 3.63) is 29.8 Å². The average Bonchev–Trinajstić information content (AvgIpc) is 2.30. The molecule has 19 heavy (non-hydrogen) atoms. The maximum atomic E-state index is 13.2. The summed E-state index contributed by atoms with van der Waals surface area (Å²) in [6, 6.07) is 4.32. The molecule has 1 spiro atoms. The SMILES string of the molecule is CCOC1CC(Nc2ccc(F)c(F)c2)C12CCC2. The summed E-state index contributed by atoms with van der Waals surface area (Å²) >= 11 is 0.